The van der Waals surface area contributed by atoms with Crippen molar-refractivity contribution in [2.45, 2.75) is 18.9 Å². The van der Waals surface area contributed by atoms with Crippen LogP contribution in [0, 0.1) is 5.82 Å². The van der Waals surface area contributed by atoms with Crippen molar-refractivity contribution in [2.24, 2.45) is 0 Å². The summed E-state index contributed by atoms with van der Waals surface area (Å²) >= 11 is 0. The molecule has 0 aliphatic carbocycles. The van der Waals surface area contributed by atoms with Crippen LogP contribution in [0.15, 0.2) is 64.2 Å². The first-order valence-corrected chi connectivity index (χ1v) is 8.09. The monoisotopic (exact) mass is 337 g/mol. The van der Waals surface area contributed by atoms with Crippen LogP contribution < -0.4 is 16.6 Å². The Balaban J connectivity index is 1.74. The predicted molar refractivity (Wildman–Crippen MR) is 93.7 cm³/mol. The van der Waals surface area contributed by atoms with Gasteiger partial charge in [0, 0.05) is 0 Å². The molecular weight excluding hydrogens is 321 g/mol. The number of nitrogens with zero attached hydrogens (tertiary/aromatic N) is 1. The highest BCUT2D eigenvalue weighted by atomic mass is 19.1. The number of hydrogen-bond donors (Lipinski definition) is 2. The molecule has 0 amide bonds. The summed E-state index contributed by atoms with van der Waals surface area (Å²) in [5.74, 6) is 0.155. The van der Waals surface area contributed by atoms with Crippen molar-refractivity contribution in [3.05, 3.63) is 92.4 Å². The third kappa shape index (κ3) is 2.76. The zero-order valence-corrected chi connectivity index (χ0v) is 13.3. The minimum absolute atomic E-state index is 0.0734. The van der Waals surface area contributed by atoms with Gasteiger partial charge in [0.05, 0.1) is 17.3 Å². The summed E-state index contributed by atoms with van der Waals surface area (Å²) in [6.45, 7) is 0. The van der Waals surface area contributed by atoms with Gasteiger partial charge in [-0.25, -0.2) is 13.8 Å². The number of benzene rings is 2. The predicted octanol–water partition coefficient (Wildman–Crippen LogP) is 2.76. The average molecular weight is 337 g/mol. The van der Waals surface area contributed by atoms with Crippen LogP contribution in [-0.2, 0) is 6.42 Å². The van der Waals surface area contributed by atoms with Crippen LogP contribution in [0.3, 0.4) is 0 Å². The second-order valence-corrected chi connectivity index (χ2v) is 6.05. The maximum Gasteiger partial charge on any atom is 0.334 e. The van der Waals surface area contributed by atoms with E-state index < -0.39 is 5.69 Å². The van der Waals surface area contributed by atoms with E-state index in [-0.39, 0.29) is 17.4 Å². The van der Waals surface area contributed by atoms with E-state index in [0.29, 0.717) is 29.9 Å². The lowest BCUT2D eigenvalue weighted by Crippen LogP contribution is -2.39. The Morgan fingerprint density at radius 3 is 2.44 bits per heavy atom. The van der Waals surface area contributed by atoms with Crippen LogP contribution in [0.1, 0.15) is 23.6 Å². The molecular formula is C19H16FN3O2. The normalized spacial score (nSPS) is 16.1. The highest BCUT2D eigenvalue weighted by Crippen LogP contribution is 2.29. The van der Waals surface area contributed by atoms with Crippen LogP contribution in [0.2, 0.25) is 0 Å². The lowest BCUT2D eigenvalue weighted by Gasteiger charge is -2.27. The number of rotatable bonds is 2. The SMILES string of the molecule is O=c1[nH]c2c(c(=O)n1-c1ccccc1)CC[C@H](c1ccc(F)cc1)N2. The van der Waals surface area contributed by atoms with Gasteiger partial charge in [0.15, 0.2) is 0 Å². The largest absolute Gasteiger partial charge is 0.364 e. The molecule has 0 saturated heterocycles. The van der Waals surface area contributed by atoms with Crippen LogP contribution >= 0.6 is 0 Å². The number of aromatic nitrogens is 2. The molecule has 126 valence electrons. The zero-order valence-electron chi connectivity index (χ0n) is 13.3. The Morgan fingerprint density at radius 2 is 1.72 bits per heavy atom. The van der Waals surface area contributed by atoms with Crippen molar-refractivity contribution in [3.8, 4) is 5.69 Å². The maximum atomic E-state index is 13.1. The Bertz CT molecular complexity index is 1020. The fraction of sp³-hybridized carbons (Fsp3) is 0.158. The van der Waals surface area contributed by atoms with Gasteiger partial charge < -0.3 is 5.32 Å². The Kier molecular flexibility index (Phi) is 3.72. The summed E-state index contributed by atoms with van der Waals surface area (Å²) < 4.78 is 14.2. The highest BCUT2D eigenvalue weighted by molar-refractivity contribution is 5.49. The summed E-state index contributed by atoms with van der Waals surface area (Å²) in [7, 11) is 0. The van der Waals surface area contributed by atoms with Gasteiger partial charge in [-0.1, -0.05) is 30.3 Å². The van der Waals surface area contributed by atoms with Crippen molar-refractivity contribution in [1.82, 2.24) is 9.55 Å². The van der Waals surface area contributed by atoms with Gasteiger partial charge in [-0.3, -0.25) is 9.78 Å². The van der Waals surface area contributed by atoms with Gasteiger partial charge in [-0.05, 0) is 42.7 Å². The quantitative estimate of drug-likeness (QED) is 0.756. The number of H-pyrrole nitrogens is 1. The molecule has 0 radical (unpaired) electrons. The van der Waals surface area contributed by atoms with E-state index in [0.717, 1.165) is 10.1 Å². The molecule has 1 atom stereocenters. The van der Waals surface area contributed by atoms with Crippen LogP contribution in [0.4, 0.5) is 10.2 Å². The molecule has 2 aromatic carbocycles. The van der Waals surface area contributed by atoms with Crippen molar-refractivity contribution in [1.29, 1.82) is 0 Å². The molecule has 0 saturated carbocycles. The maximum absolute atomic E-state index is 13.1. The average Bonchev–Trinajstić information content (AvgIpc) is 2.63. The Labute approximate surface area is 142 Å². The van der Waals surface area contributed by atoms with Gasteiger partial charge in [-0.2, -0.15) is 0 Å². The second-order valence-electron chi connectivity index (χ2n) is 6.05. The summed E-state index contributed by atoms with van der Waals surface area (Å²) in [5, 5.41) is 3.20. The van der Waals surface area contributed by atoms with Gasteiger partial charge in [0.2, 0.25) is 0 Å². The summed E-state index contributed by atoms with van der Waals surface area (Å²) in [6.07, 6.45) is 1.22. The van der Waals surface area contributed by atoms with Crippen molar-refractivity contribution in [2.75, 3.05) is 5.32 Å². The van der Waals surface area contributed by atoms with E-state index in [9.17, 15) is 14.0 Å². The highest BCUT2D eigenvalue weighted by Gasteiger charge is 2.24. The molecule has 25 heavy (non-hydrogen) atoms. The molecule has 2 N–H and O–H groups in total. The van der Waals surface area contributed by atoms with Crippen LogP contribution in [0.5, 0.6) is 0 Å². The van der Waals surface area contributed by atoms with Crippen LogP contribution in [0.25, 0.3) is 5.69 Å². The van der Waals surface area contributed by atoms with Crippen molar-refractivity contribution in [3.63, 3.8) is 0 Å². The molecule has 0 fully saturated rings. The van der Waals surface area contributed by atoms with Crippen molar-refractivity contribution < 1.29 is 4.39 Å². The number of para-hydroxylation sites is 1. The third-order valence-corrected chi connectivity index (χ3v) is 4.49. The summed E-state index contributed by atoms with van der Waals surface area (Å²) in [4.78, 5) is 28.0. The van der Waals surface area contributed by atoms with E-state index >= 15 is 0 Å². The fourth-order valence-electron chi connectivity index (χ4n) is 3.22. The number of nitrogens with one attached hydrogen (secondary N) is 2. The van der Waals surface area contributed by atoms with E-state index in [2.05, 4.69) is 10.3 Å². The molecule has 0 spiro atoms. The molecule has 4 rings (SSSR count). The molecule has 6 heteroatoms. The smallest absolute Gasteiger partial charge is 0.334 e. The second kappa shape index (κ2) is 6.05. The van der Waals surface area contributed by atoms with Crippen molar-refractivity contribution >= 4 is 5.82 Å². The molecule has 1 aromatic heterocycles. The zero-order chi connectivity index (χ0) is 17.4. The molecule has 5 nitrogen and oxygen atoms in total. The first kappa shape index (κ1) is 15.4. The number of halogens is 1. The summed E-state index contributed by atoms with van der Waals surface area (Å²) in [5.41, 5.74) is 1.22. The van der Waals surface area contributed by atoms with E-state index in [1.54, 1.807) is 36.4 Å². The first-order chi connectivity index (χ1) is 12.1. The standard InChI is InChI=1S/C19H16FN3O2/c20-13-8-6-12(7-9-13)16-11-10-15-17(21-16)22-19(25)23(18(15)24)14-4-2-1-3-5-14/h1-9,16,21H,10-11H2,(H,22,25)/t16-/m1/s1. The Morgan fingerprint density at radius 1 is 1.00 bits per heavy atom. The Hall–Kier alpha value is -3.15. The van der Waals surface area contributed by atoms with E-state index in [1.807, 2.05) is 6.07 Å². The lowest BCUT2D eigenvalue weighted by atomic mass is 9.96. The number of hydrogen-bond acceptors (Lipinski definition) is 3. The third-order valence-electron chi connectivity index (χ3n) is 4.49. The van der Waals surface area contributed by atoms with Gasteiger partial charge in [0.25, 0.3) is 5.56 Å². The number of aromatic amines is 1. The first-order valence-electron chi connectivity index (χ1n) is 8.09. The molecule has 0 bridgehead atoms. The molecule has 1 aliphatic heterocycles. The molecule has 0 unspecified atom stereocenters. The minimum Gasteiger partial charge on any atom is -0.364 e. The van der Waals surface area contributed by atoms with Gasteiger partial charge in [0.1, 0.15) is 11.6 Å². The molecule has 1 aliphatic rings. The fourth-order valence-corrected chi connectivity index (χ4v) is 3.22. The van der Waals surface area contributed by atoms with Gasteiger partial charge in [-0.15, -0.1) is 0 Å². The molecule has 2 heterocycles. The number of anilines is 1. The minimum atomic E-state index is -0.484. The lowest BCUT2D eigenvalue weighted by molar-refractivity contribution is 0.619. The van der Waals surface area contributed by atoms with E-state index in [1.165, 1.54) is 12.1 Å². The van der Waals surface area contributed by atoms with Crippen LogP contribution in [-0.4, -0.2) is 9.55 Å². The summed E-state index contributed by atoms with van der Waals surface area (Å²) in [6, 6.07) is 15.0. The molecule has 3 aromatic rings. The number of fused-ring (bicyclic) bond motifs is 1. The van der Waals surface area contributed by atoms with E-state index in [4.69, 9.17) is 0 Å². The van der Waals surface area contributed by atoms with Gasteiger partial charge >= 0.3 is 5.69 Å². The topological polar surface area (TPSA) is 66.9 Å².